The molecule has 10 aromatic rings. The fourth-order valence-corrected chi connectivity index (χ4v) is 9.13. The molecule has 58 heavy (non-hydrogen) atoms. The second kappa shape index (κ2) is 13.4. The maximum absolute atomic E-state index is 5.32. The first-order valence-corrected chi connectivity index (χ1v) is 20.0. The summed E-state index contributed by atoms with van der Waals surface area (Å²) in [5.41, 5.74) is 18.4. The quantitative estimate of drug-likeness (QED) is 0.170. The Hall–Kier alpha value is -7.36. The smallest absolute Gasteiger partial charge is 0.160 e. The molecule has 0 N–H and O–H groups in total. The lowest BCUT2D eigenvalue weighted by atomic mass is 9.82. The van der Waals surface area contributed by atoms with Crippen molar-refractivity contribution >= 4 is 21.8 Å². The molecule has 0 atom stereocenters. The van der Waals surface area contributed by atoms with Gasteiger partial charge in [-0.05, 0) is 87.0 Å². The van der Waals surface area contributed by atoms with Crippen LogP contribution in [0.25, 0.3) is 94.8 Å². The first kappa shape index (κ1) is 33.9. The van der Waals surface area contributed by atoms with Crippen LogP contribution in [0.15, 0.2) is 200 Å². The molecule has 11 rings (SSSR count). The second-order valence-electron chi connectivity index (χ2n) is 15.8. The van der Waals surface area contributed by atoms with Crippen molar-refractivity contribution in [3.63, 3.8) is 0 Å². The fraction of sp³-hybridized carbons (Fsp3) is 0.0545. The molecule has 0 radical (unpaired) electrons. The van der Waals surface area contributed by atoms with E-state index in [0.29, 0.717) is 5.82 Å². The van der Waals surface area contributed by atoms with Crippen molar-refractivity contribution in [2.24, 2.45) is 0 Å². The predicted octanol–water partition coefficient (Wildman–Crippen LogP) is 14.2. The highest BCUT2D eigenvalue weighted by Gasteiger charge is 2.35. The van der Waals surface area contributed by atoms with E-state index in [0.717, 1.165) is 50.2 Å². The van der Waals surface area contributed by atoms with Crippen LogP contribution in [-0.4, -0.2) is 14.5 Å². The van der Waals surface area contributed by atoms with Gasteiger partial charge >= 0.3 is 0 Å². The summed E-state index contributed by atoms with van der Waals surface area (Å²) in [5.74, 6) is 0.705. The summed E-state index contributed by atoms with van der Waals surface area (Å²) < 4.78 is 2.41. The van der Waals surface area contributed by atoms with E-state index in [2.05, 4.69) is 194 Å². The maximum atomic E-state index is 5.32. The third-order valence-electron chi connectivity index (χ3n) is 12.0. The normalized spacial score (nSPS) is 12.8. The molecule has 0 amide bonds. The minimum absolute atomic E-state index is 0.0401. The number of hydrogen-bond donors (Lipinski definition) is 0. The molecule has 0 bridgehead atoms. The third kappa shape index (κ3) is 5.50. The van der Waals surface area contributed by atoms with E-state index in [-0.39, 0.29) is 5.41 Å². The Balaban J connectivity index is 1.15. The molecule has 0 saturated heterocycles. The van der Waals surface area contributed by atoms with E-state index in [4.69, 9.17) is 9.97 Å². The minimum Gasteiger partial charge on any atom is -0.309 e. The van der Waals surface area contributed by atoms with Crippen LogP contribution < -0.4 is 0 Å². The lowest BCUT2D eigenvalue weighted by molar-refractivity contribution is 0.660. The molecular weight excluding hydrogens is 703 g/mol. The van der Waals surface area contributed by atoms with Gasteiger partial charge in [0.15, 0.2) is 5.82 Å². The van der Waals surface area contributed by atoms with Crippen LogP contribution >= 0.6 is 0 Å². The molecule has 0 fully saturated rings. The second-order valence-corrected chi connectivity index (χ2v) is 15.8. The van der Waals surface area contributed by atoms with Gasteiger partial charge in [-0.2, -0.15) is 0 Å². The van der Waals surface area contributed by atoms with Gasteiger partial charge in [0.2, 0.25) is 0 Å². The van der Waals surface area contributed by atoms with Crippen LogP contribution in [0.2, 0.25) is 0 Å². The Morgan fingerprint density at radius 3 is 1.71 bits per heavy atom. The summed E-state index contributed by atoms with van der Waals surface area (Å²) in [7, 11) is 0. The monoisotopic (exact) mass is 741 g/mol. The summed E-state index contributed by atoms with van der Waals surface area (Å²) in [6.45, 7) is 4.68. The number of nitrogens with zero attached hydrogens (tertiary/aromatic N) is 3. The summed E-state index contributed by atoms with van der Waals surface area (Å²) in [5, 5.41) is 2.34. The molecule has 1 aliphatic carbocycles. The molecule has 3 nitrogen and oxygen atoms in total. The number of benzene rings is 8. The van der Waals surface area contributed by atoms with Crippen molar-refractivity contribution in [2.45, 2.75) is 19.3 Å². The zero-order valence-corrected chi connectivity index (χ0v) is 32.4. The third-order valence-corrected chi connectivity index (χ3v) is 12.0. The highest BCUT2D eigenvalue weighted by molar-refractivity contribution is 6.16. The summed E-state index contributed by atoms with van der Waals surface area (Å²) in [6, 6.07) is 71.9. The average Bonchev–Trinajstić information content (AvgIpc) is 3.75. The van der Waals surface area contributed by atoms with Crippen LogP contribution in [0.3, 0.4) is 0 Å². The van der Waals surface area contributed by atoms with E-state index < -0.39 is 0 Å². The van der Waals surface area contributed by atoms with Gasteiger partial charge in [-0.15, -0.1) is 0 Å². The lowest BCUT2D eigenvalue weighted by Gasteiger charge is -2.21. The molecule has 0 unspecified atom stereocenters. The lowest BCUT2D eigenvalue weighted by Crippen LogP contribution is -2.14. The zero-order chi connectivity index (χ0) is 38.8. The molecule has 0 aliphatic heterocycles. The molecule has 274 valence electrons. The zero-order valence-electron chi connectivity index (χ0n) is 32.4. The van der Waals surface area contributed by atoms with Gasteiger partial charge < -0.3 is 4.57 Å². The van der Waals surface area contributed by atoms with Crippen molar-refractivity contribution in [1.82, 2.24) is 14.5 Å². The Labute approximate surface area is 338 Å². The van der Waals surface area contributed by atoms with E-state index in [1.165, 1.54) is 49.9 Å². The van der Waals surface area contributed by atoms with Crippen LogP contribution in [0.4, 0.5) is 0 Å². The van der Waals surface area contributed by atoms with Gasteiger partial charge in [0, 0.05) is 38.6 Å². The van der Waals surface area contributed by atoms with Gasteiger partial charge in [-0.1, -0.05) is 172 Å². The maximum Gasteiger partial charge on any atom is 0.160 e. The van der Waals surface area contributed by atoms with Crippen LogP contribution in [0.1, 0.15) is 25.0 Å². The molecule has 8 aromatic carbocycles. The SMILES string of the molecule is CC1(C)c2ccccc2-c2cc(-c3ccc4c(c3)c3c(-c5cc(-c6ccccc6)nc(-c6ccccc6)n5)cccc3n4-c3ccc(-c4ccccc4)cc3)ccc21. The Bertz CT molecular complexity index is 3100. The van der Waals surface area contributed by atoms with Crippen molar-refractivity contribution in [2.75, 3.05) is 0 Å². The van der Waals surface area contributed by atoms with E-state index in [1.807, 2.05) is 24.3 Å². The molecular formula is C55H39N3. The van der Waals surface area contributed by atoms with Gasteiger partial charge in [0.25, 0.3) is 0 Å². The molecule has 3 heteroatoms. The van der Waals surface area contributed by atoms with Crippen LogP contribution in [0, 0.1) is 0 Å². The molecule has 2 heterocycles. The number of fused-ring (bicyclic) bond motifs is 6. The van der Waals surface area contributed by atoms with E-state index in [9.17, 15) is 0 Å². The molecule has 0 spiro atoms. The summed E-state index contributed by atoms with van der Waals surface area (Å²) in [6.07, 6.45) is 0. The first-order chi connectivity index (χ1) is 28.5. The number of rotatable bonds is 6. The number of aromatic nitrogens is 3. The van der Waals surface area contributed by atoms with E-state index >= 15 is 0 Å². The van der Waals surface area contributed by atoms with Gasteiger partial charge in [0.1, 0.15) is 0 Å². The molecule has 0 saturated carbocycles. The van der Waals surface area contributed by atoms with Gasteiger partial charge in [-0.25, -0.2) is 9.97 Å². The Morgan fingerprint density at radius 1 is 0.379 bits per heavy atom. The van der Waals surface area contributed by atoms with Gasteiger partial charge in [-0.3, -0.25) is 0 Å². The standard InChI is InChI=1S/C55H39N3/c1-55(2)47-23-13-12-21-43(47)45-33-40(27-31-48(45)55)41-28-32-51-46(34-41)53-44(22-14-24-52(53)58(51)42-29-25-37(26-30-42)36-15-6-3-7-16-36)50-35-49(38-17-8-4-9-18-38)56-54(57-50)39-19-10-5-11-20-39/h3-35H,1-2H3. The van der Waals surface area contributed by atoms with E-state index in [1.54, 1.807) is 0 Å². The van der Waals surface area contributed by atoms with Crippen molar-refractivity contribution in [3.05, 3.63) is 211 Å². The van der Waals surface area contributed by atoms with Crippen molar-refractivity contribution in [3.8, 4) is 73.0 Å². The summed E-state index contributed by atoms with van der Waals surface area (Å²) >= 11 is 0. The Kier molecular flexibility index (Phi) is 7.84. The number of hydrogen-bond acceptors (Lipinski definition) is 2. The fourth-order valence-electron chi connectivity index (χ4n) is 9.13. The highest BCUT2D eigenvalue weighted by Crippen LogP contribution is 2.50. The predicted molar refractivity (Wildman–Crippen MR) is 241 cm³/mol. The molecule has 1 aliphatic rings. The summed E-state index contributed by atoms with van der Waals surface area (Å²) in [4.78, 5) is 10.4. The highest BCUT2D eigenvalue weighted by atomic mass is 15.0. The topological polar surface area (TPSA) is 30.7 Å². The largest absolute Gasteiger partial charge is 0.309 e. The molecule has 2 aromatic heterocycles. The Morgan fingerprint density at radius 2 is 0.948 bits per heavy atom. The first-order valence-electron chi connectivity index (χ1n) is 20.0. The van der Waals surface area contributed by atoms with Crippen LogP contribution in [0.5, 0.6) is 0 Å². The van der Waals surface area contributed by atoms with Gasteiger partial charge in [0.05, 0.1) is 22.4 Å². The van der Waals surface area contributed by atoms with Crippen molar-refractivity contribution in [1.29, 1.82) is 0 Å². The van der Waals surface area contributed by atoms with Crippen molar-refractivity contribution < 1.29 is 0 Å². The van der Waals surface area contributed by atoms with Crippen LogP contribution in [-0.2, 0) is 5.41 Å². The minimum atomic E-state index is -0.0401. The average molecular weight is 742 g/mol.